The van der Waals surface area contributed by atoms with Crippen LogP contribution in [0.5, 0.6) is 5.75 Å². The van der Waals surface area contributed by atoms with E-state index in [0.717, 1.165) is 6.07 Å². The average molecular weight is 268 g/mol. The molecule has 2 amide bonds. The maximum Gasteiger partial charge on any atom is 0.257 e. The van der Waals surface area contributed by atoms with Gasteiger partial charge in [-0.05, 0) is 18.1 Å². The Morgan fingerprint density at radius 3 is 2.53 bits per heavy atom. The molecule has 104 valence electrons. The number of halogens is 1. The number of primary amides is 1. The second kappa shape index (κ2) is 6.17. The van der Waals surface area contributed by atoms with Crippen molar-refractivity contribution >= 4 is 11.8 Å². The van der Waals surface area contributed by atoms with Crippen LogP contribution in [0.2, 0.25) is 0 Å². The molecule has 6 heteroatoms. The highest BCUT2D eigenvalue weighted by Crippen LogP contribution is 2.17. The summed E-state index contributed by atoms with van der Waals surface area (Å²) in [6.45, 7) is 3.77. The Labute approximate surface area is 110 Å². The molecule has 1 aromatic carbocycles. The van der Waals surface area contributed by atoms with E-state index in [1.807, 2.05) is 13.8 Å². The molecule has 0 aliphatic heterocycles. The predicted octanol–water partition coefficient (Wildman–Crippen LogP) is 1.11. The third kappa shape index (κ3) is 4.24. The lowest BCUT2D eigenvalue weighted by atomic mass is 10.1. The number of nitrogens with zero attached hydrogens (tertiary/aromatic N) is 1. The van der Waals surface area contributed by atoms with Crippen LogP contribution in [0.3, 0.4) is 0 Å². The lowest BCUT2D eigenvalue weighted by molar-refractivity contribution is -0.118. The van der Waals surface area contributed by atoms with Gasteiger partial charge in [-0.15, -0.1) is 0 Å². The molecular weight excluding hydrogens is 251 g/mol. The highest BCUT2D eigenvalue weighted by Gasteiger charge is 2.21. The molecule has 3 N–H and O–H groups in total. The van der Waals surface area contributed by atoms with Crippen molar-refractivity contribution in [3.05, 3.63) is 29.6 Å². The second-order valence-electron chi connectivity index (χ2n) is 4.71. The van der Waals surface area contributed by atoms with Crippen molar-refractivity contribution in [2.24, 2.45) is 11.7 Å². The van der Waals surface area contributed by atoms with E-state index >= 15 is 0 Å². The van der Waals surface area contributed by atoms with Gasteiger partial charge in [-0.2, -0.15) is 0 Å². The normalized spacial score (nSPS) is 10.5. The molecule has 0 saturated carbocycles. The monoisotopic (exact) mass is 268 g/mol. The fourth-order valence-electron chi connectivity index (χ4n) is 1.70. The average Bonchev–Trinajstić information content (AvgIpc) is 2.26. The van der Waals surface area contributed by atoms with Crippen molar-refractivity contribution in [1.82, 2.24) is 4.90 Å². The quantitative estimate of drug-likeness (QED) is 0.839. The van der Waals surface area contributed by atoms with Crippen molar-refractivity contribution in [2.45, 2.75) is 13.8 Å². The van der Waals surface area contributed by atoms with Crippen LogP contribution in [-0.2, 0) is 4.79 Å². The van der Waals surface area contributed by atoms with Gasteiger partial charge in [-0.25, -0.2) is 4.39 Å². The zero-order valence-corrected chi connectivity index (χ0v) is 10.9. The Morgan fingerprint density at radius 1 is 1.42 bits per heavy atom. The molecule has 0 bridgehead atoms. The lowest BCUT2D eigenvalue weighted by Crippen LogP contribution is -2.40. The molecule has 0 aromatic heterocycles. The maximum absolute atomic E-state index is 13.6. The molecule has 0 fully saturated rings. The van der Waals surface area contributed by atoms with Crippen LogP contribution < -0.4 is 5.73 Å². The summed E-state index contributed by atoms with van der Waals surface area (Å²) < 4.78 is 13.6. The first-order valence-electron chi connectivity index (χ1n) is 5.87. The van der Waals surface area contributed by atoms with E-state index in [-0.39, 0.29) is 23.8 Å². The van der Waals surface area contributed by atoms with Crippen LogP contribution in [0.1, 0.15) is 24.2 Å². The van der Waals surface area contributed by atoms with E-state index in [0.29, 0.717) is 6.54 Å². The van der Waals surface area contributed by atoms with Crippen molar-refractivity contribution in [1.29, 1.82) is 0 Å². The van der Waals surface area contributed by atoms with Gasteiger partial charge >= 0.3 is 0 Å². The summed E-state index contributed by atoms with van der Waals surface area (Å²) in [6.07, 6.45) is 0. The third-order valence-electron chi connectivity index (χ3n) is 2.40. The van der Waals surface area contributed by atoms with E-state index in [1.165, 1.54) is 17.0 Å². The van der Waals surface area contributed by atoms with E-state index < -0.39 is 17.6 Å². The minimum atomic E-state index is -0.830. The summed E-state index contributed by atoms with van der Waals surface area (Å²) in [4.78, 5) is 24.3. The number of hydrogen-bond donors (Lipinski definition) is 2. The van der Waals surface area contributed by atoms with Gasteiger partial charge < -0.3 is 15.7 Å². The van der Waals surface area contributed by atoms with E-state index in [2.05, 4.69) is 0 Å². The zero-order chi connectivity index (χ0) is 14.6. The molecular formula is C13H17FN2O3. The van der Waals surface area contributed by atoms with Gasteiger partial charge in [0, 0.05) is 12.6 Å². The molecule has 5 nitrogen and oxygen atoms in total. The Morgan fingerprint density at radius 2 is 2.05 bits per heavy atom. The molecule has 1 aromatic rings. The van der Waals surface area contributed by atoms with Crippen LogP contribution in [0.25, 0.3) is 0 Å². The number of phenols is 1. The molecule has 0 heterocycles. The molecule has 0 saturated heterocycles. The first-order chi connectivity index (χ1) is 8.81. The Bertz CT molecular complexity index is 489. The van der Waals surface area contributed by atoms with Crippen LogP contribution in [0, 0.1) is 11.7 Å². The standard InChI is InChI=1S/C13H17FN2O3/c1-8(2)6-16(7-12(15)18)13(19)10-4-3-9(17)5-11(10)14/h3-5,8,17H,6-7H2,1-2H3,(H2,15,18). The van der Waals surface area contributed by atoms with Crippen molar-refractivity contribution in [3.63, 3.8) is 0 Å². The molecule has 0 atom stereocenters. The molecule has 19 heavy (non-hydrogen) atoms. The van der Waals surface area contributed by atoms with Crippen molar-refractivity contribution in [3.8, 4) is 5.75 Å². The fraction of sp³-hybridized carbons (Fsp3) is 0.385. The largest absolute Gasteiger partial charge is 0.508 e. The molecule has 0 spiro atoms. The number of rotatable bonds is 5. The van der Waals surface area contributed by atoms with Gasteiger partial charge in [-0.3, -0.25) is 9.59 Å². The first-order valence-corrected chi connectivity index (χ1v) is 5.87. The maximum atomic E-state index is 13.6. The molecule has 1 rings (SSSR count). The minimum Gasteiger partial charge on any atom is -0.508 e. The van der Waals surface area contributed by atoms with Crippen molar-refractivity contribution < 1.29 is 19.1 Å². The number of nitrogens with two attached hydrogens (primary N) is 1. The van der Waals surface area contributed by atoms with Gasteiger partial charge in [0.25, 0.3) is 5.91 Å². The topological polar surface area (TPSA) is 83.6 Å². The van der Waals surface area contributed by atoms with Crippen LogP contribution in [-0.4, -0.2) is 34.9 Å². The number of amides is 2. The number of aromatic hydroxyl groups is 1. The number of carbonyl (C=O) groups excluding carboxylic acids is 2. The summed E-state index contributed by atoms with van der Waals surface area (Å²) in [5, 5.41) is 9.11. The third-order valence-corrected chi connectivity index (χ3v) is 2.40. The highest BCUT2D eigenvalue weighted by atomic mass is 19.1. The Balaban J connectivity index is 3.00. The van der Waals surface area contributed by atoms with Crippen LogP contribution >= 0.6 is 0 Å². The lowest BCUT2D eigenvalue weighted by Gasteiger charge is -2.23. The van der Waals surface area contributed by atoms with Gasteiger partial charge in [-0.1, -0.05) is 13.8 Å². The summed E-state index contributed by atoms with van der Waals surface area (Å²) in [5.74, 6) is -2.26. The minimum absolute atomic E-state index is 0.114. The summed E-state index contributed by atoms with van der Waals surface area (Å²) in [6, 6.07) is 3.25. The number of benzene rings is 1. The number of carbonyl (C=O) groups is 2. The SMILES string of the molecule is CC(C)CN(CC(N)=O)C(=O)c1ccc(O)cc1F. The molecule has 0 unspecified atom stereocenters. The highest BCUT2D eigenvalue weighted by molar-refractivity contribution is 5.96. The summed E-state index contributed by atoms with van der Waals surface area (Å²) >= 11 is 0. The van der Waals surface area contributed by atoms with Gasteiger partial charge in [0.1, 0.15) is 11.6 Å². The fourth-order valence-corrected chi connectivity index (χ4v) is 1.70. The van der Waals surface area contributed by atoms with Gasteiger partial charge in [0.15, 0.2) is 0 Å². The van der Waals surface area contributed by atoms with Gasteiger partial charge in [0.2, 0.25) is 5.91 Å². The molecule has 0 radical (unpaired) electrons. The van der Waals surface area contributed by atoms with Crippen LogP contribution in [0.4, 0.5) is 4.39 Å². The first kappa shape index (κ1) is 14.9. The van der Waals surface area contributed by atoms with Crippen molar-refractivity contribution in [2.75, 3.05) is 13.1 Å². The van der Waals surface area contributed by atoms with E-state index in [1.54, 1.807) is 0 Å². The Kier molecular flexibility index (Phi) is 4.86. The van der Waals surface area contributed by atoms with Gasteiger partial charge in [0.05, 0.1) is 12.1 Å². The van der Waals surface area contributed by atoms with E-state index in [4.69, 9.17) is 10.8 Å². The predicted molar refractivity (Wildman–Crippen MR) is 68.0 cm³/mol. The zero-order valence-electron chi connectivity index (χ0n) is 10.9. The molecule has 0 aliphatic rings. The molecule has 0 aliphatic carbocycles. The summed E-state index contributed by atoms with van der Waals surface area (Å²) in [5.41, 5.74) is 4.89. The Hall–Kier alpha value is -2.11. The summed E-state index contributed by atoms with van der Waals surface area (Å²) in [7, 11) is 0. The van der Waals surface area contributed by atoms with Crippen LogP contribution in [0.15, 0.2) is 18.2 Å². The van der Waals surface area contributed by atoms with E-state index in [9.17, 15) is 14.0 Å². The second-order valence-corrected chi connectivity index (χ2v) is 4.71. The smallest absolute Gasteiger partial charge is 0.257 e. The number of phenolic OH excluding ortho intramolecular Hbond substituents is 1. The number of hydrogen-bond acceptors (Lipinski definition) is 3.